The van der Waals surface area contributed by atoms with Crippen molar-refractivity contribution in [3.05, 3.63) is 30.1 Å². The number of rotatable bonds is 2. The van der Waals surface area contributed by atoms with Crippen LogP contribution < -0.4 is 0 Å². The second-order valence-electron chi connectivity index (χ2n) is 5.52. The van der Waals surface area contributed by atoms with Gasteiger partial charge in [0.2, 0.25) is 5.91 Å². The Hall–Kier alpha value is -1.65. The molecule has 0 spiro atoms. The van der Waals surface area contributed by atoms with Crippen LogP contribution in [0.3, 0.4) is 0 Å². The molecule has 3 rings (SSSR count). The number of carbonyl (C=O) groups excluding carboxylic acids is 1. The lowest BCUT2D eigenvalue weighted by molar-refractivity contribution is -0.152. The molecule has 1 aliphatic carbocycles. The number of hydrogen-bond donors (Lipinski definition) is 0. The minimum atomic E-state index is -2.57. The molecule has 2 heterocycles. The fraction of sp³-hybridized carbons (Fsp3) is 0.500. The molecule has 1 saturated carbocycles. The molecule has 0 radical (unpaired) electrons. The van der Waals surface area contributed by atoms with E-state index in [1.165, 1.54) is 11.0 Å². The van der Waals surface area contributed by atoms with E-state index in [9.17, 15) is 13.6 Å². The molecular formula is C14H16F2N2O. The summed E-state index contributed by atoms with van der Waals surface area (Å²) in [4.78, 5) is 13.5. The van der Waals surface area contributed by atoms with E-state index >= 15 is 0 Å². The molecule has 0 bridgehead atoms. The number of carbonyl (C=O) groups is 1. The maximum atomic E-state index is 13.2. The highest BCUT2D eigenvalue weighted by Crippen LogP contribution is 2.52. The molecule has 2 atom stereocenters. The molecule has 0 aromatic carbocycles. The average molecular weight is 266 g/mol. The van der Waals surface area contributed by atoms with Crippen LogP contribution in [0.15, 0.2) is 24.5 Å². The van der Waals surface area contributed by atoms with E-state index in [0.717, 1.165) is 5.56 Å². The van der Waals surface area contributed by atoms with E-state index in [1.54, 1.807) is 6.08 Å². The Morgan fingerprint density at radius 2 is 2.26 bits per heavy atom. The molecule has 1 aromatic heterocycles. The third-order valence-electron chi connectivity index (χ3n) is 4.10. The number of hydrogen-bond acceptors (Lipinski definition) is 1. The van der Waals surface area contributed by atoms with Gasteiger partial charge >= 0.3 is 0 Å². The maximum Gasteiger partial charge on any atom is 0.253 e. The lowest BCUT2D eigenvalue weighted by Gasteiger charge is -2.38. The van der Waals surface area contributed by atoms with Gasteiger partial charge < -0.3 is 9.47 Å². The van der Waals surface area contributed by atoms with Crippen molar-refractivity contribution in [1.29, 1.82) is 0 Å². The minimum Gasteiger partial charge on any atom is -0.357 e. The lowest BCUT2D eigenvalue weighted by atomic mass is 9.72. The van der Waals surface area contributed by atoms with Crippen LogP contribution >= 0.6 is 0 Å². The van der Waals surface area contributed by atoms with Gasteiger partial charge in [0.1, 0.15) is 0 Å². The van der Waals surface area contributed by atoms with Gasteiger partial charge in [0.25, 0.3) is 5.92 Å². The summed E-state index contributed by atoms with van der Waals surface area (Å²) in [7, 11) is 1.90. The molecule has 19 heavy (non-hydrogen) atoms. The van der Waals surface area contributed by atoms with Gasteiger partial charge in [0, 0.05) is 50.9 Å². The number of nitrogens with zero attached hydrogens (tertiary/aromatic N) is 2. The Morgan fingerprint density at radius 1 is 1.47 bits per heavy atom. The normalized spacial score (nSPS) is 28.5. The molecule has 1 aliphatic heterocycles. The molecule has 102 valence electrons. The Labute approximate surface area is 110 Å². The van der Waals surface area contributed by atoms with Crippen molar-refractivity contribution in [2.45, 2.75) is 12.3 Å². The Bertz CT molecular complexity index is 535. The van der Waals surface area contributed by atoms with E-state index in [1.807, 2.05) is 30.1 Å². The first-order valence-electron chi connectivity index (χ1n) is 6.42. The summed E-state index contributed by atoms with van der Waals surface area (Å²) < 4.78 is 28.3. The molecule has 2 fully saturated rings. The van der Waals surface area contributed by atoms with Crippen LogP contribution in [-0.2, 0) is 11.8 Å². The van der Waals surface area contributed by atoms with Crippen LogP contribution in [0.2, 0.25) is 0 Å². The van der Waals surface area contributed by atoms with Crippen LogP contribution in [0.1, 0.15) is 12.0 Å². The van der Waals surface area contributed by atoms with E-state index in [4.69, 9.17) is 0 Å². The molecular weight excluding hydrogens is 250 g/mol. The zero-order valence-electron chi connectivity index (χ0n) is 10.7. The molecule has 1 aromatic rings. The Kier molecular flexibility index (Phi) is 2.73. The second kappa shape index (κ2) is 4.18. The summed E-state index contributed by atoms with van der Waals surface area (Å²) in [5, 5.41) is 0. The highest BCUT2D eigenvalue weighted by atomic mass is 19.3. The lowest BCUT2D eigenvalue weighted by Crippen LogP contribution is -2.46. The zero-order chi connectivity index (χ0) is 13.6. The first kappa shape index (κ1) is 12.4. The Balaban J connectivity index is 1.62. The summed E-state index contributed by atoms with van der Waals surface area (Å²) >= 11 is 0. The predicted molar refractivity (Wildman–Crippen MR) is 67.6 cm³/mol. The molecule has 1 saturated heterocycles. The van der Waals surface area contributed by atoms with Gasteiger partial charge in [0.05, 0.1) is 0 Å². The highest BCUT2D eigenvalue weighted by molar-refractivity contribution is 5.92. The van der Waals surface area contributed by atoms with E-state index in [2.05, 4.69) is 0 Å². The van der Waals surface area contributed by atoms with Gasteiger partial charge in [-0.3, -0.25) is 4.79 Å². The van der Waals surface area contributed by atoms with Crippen LogP contribution in [0, 0.1) is 11.8 Å². The number of fused-ring (bicyclic) bond motifs is 1. The topological polar surface area (TPSA) is 25.2 Å². The number of alkyl halides is 2. The molecule has 2 aliphatic rings. The standard InChI is InChI=1S/C14H16F2N2O/c1-17-5-4-10(7-17)2-3-13(19)18-8-11-6-14(15,16)12(11)9-18/h2-5,7,11-12H,6,8-9H2,1H3/b3-2+. The van der Waals surface area contributed by atoms with Gasteiger partial charge in [-0.2, -0.15) is 0 Å². The zero-order valence-corrected chi connectivity index (χ0v) is 10.7. The summed E-state index contributed by atoms with van der Waals surface area (Å²) in [5.41, 5.74) is 0.934. The second-order valence-corrected chi connectivity index (χ2v) is 5.52. The van der Waals surface area contributed by atoms with Crippen molar-refractivity contribution in [2.75, 3.05) is 13.1 Å². The van der Waals surface area contributed by atoms with Gasteiger partial charge in [-0.25, -0.2) is 8.78 Å². The molecule has 3 nitrogen and oxygen atoms in total. The first-order chi connectivity index (χ1) is 8.95. The smallest absolute Gasteiger partial charge is 0.253 e. The number of aryl methyl sites for hydroxylation is 1. The van der Waals surface area contributed by atoms with Crippen molar-refractivity contribution in [1.82, 2.24) is 9.47 Å². The summed E-state index contributed by atoms with van der Waals surface area (Å²) in [6, 6.07) is 1.89. The van der Waals surface area contributed by atoms with Gasteiger partial charge in [-0.15, -0.1) is 0 Å². The van der Waals surface area contributed by atoms with Crippen molar-refractivity contribution >= 4 is 12.0 Å². The number of aromatic nitrogens is 1. The summed E-state index contributed by atoms with van der Waals surface area (Å²) in [6.45, 7) is 0.661. The van der Waals surface area contributed by atoms with Crippen molar-refractivity contribution in [3.8, 4) is 0 Å². The first-order valence-corrected chi connectivity index (χ1v) is 6.42. The fourth-order valence-corrected chi connectivity index (χ4v) is 2.97. The molecule has 5 heteroatoms. The van der Waals surface area contributed by atoms with E-state index in [0.29, 0.717) is 6.54 Å². The molecule has 2 unspecified atom stereocenters. The molecule has 1 amide bonds. The largest absolute Gasteiger partial charge is 0.357 e. The minimum absolute atomic E-state index is 0.0101. The third kappa shape index (κ3) is 2.17. The van der Waals surface area contributed by atoms with Gasteiger partial charge in [0.15, 0.2) is 0 Å². The van der Waals surface area contributed by atoms with Crippen molar-refractivity contribution in [3.63, 3.8) is 0 Å². The van der Waals surface area contributed by atoms with Crippen molar-refractivity contribution < 1.29 is 13.6 Å². The summed E-state index contributed by atoms with van der Waals surface area (Å²) in [6.07, 6.45) is 6.91. The van der Waals surface area contributed by atoms with Crippen LogP contribution in [0.25, 0.3) is 6.08 Å². The Morgan fingerprint density at radius 3 is 2.84 bits per heavy atom. The SMILES string of the molecule is Cn1ccc(/C=C/C(=O)N2CC3CC(F)(F)C3C2)c1. The summed E-state index contributed by atoms with van der Waals surface area (Å²) in [5.74, 6) is -3.37. The number of halogens is 2. The molecule has 0 N–H and O–H groups in total. The number of likely N-dealkylation sites (tertiary alicyclic amines) is 1. The highest BCUT2D eigenvalue weighted by Gasteiger charge is 2.60. The van der Waals surface area contributed by atoms with Gasteiger partial charge in [-0.1, -0.05) is 0 Å². The monoisotopic (exact) mass is 266 g/mol. The maximum absolute atomic E-state index is 13.2. The van der Waals surface area contributed by atoms with E-state index in [-0.39, 0.29) is 24.8 Å². The predicted octanol–water partition coefficient (Wildman–Crippen LogP) is 2.15. The van der Waals surface area contributed by atoms with Crippen molar-refractivity contribution in [2.24, 2.45) is 18.9 Å². The van der Waals surface area contributed by atoms with Crippen LogP contribution in [0.5, 0.6) is 0 Å². The van der Waals surface area contributed by atoms with E-state index < -0.39 is 11.8 Å². The third-order valence-corrected chi connectivity index (χ3v) is 4.10. The number of amides is 1. The van der Waals surface area contributed by atoms with Crippen LogP contribution in [0.4, 0.5) is 8.78 Å². The van der Waals surface area contributed by atoms with Gasteiger partial charge in [-0.05, 0) is 23.6 Å². The fourth-order valence-electron chi connectivity index (χ4n) is 2.97. The average Bonchev–Trinajstić information content (AvgIpc) is 2.90. The quantitative estimate of drug-likeness (QED) is 0.753. The van der Waals surface area contributed by atoms with Crippen LogP contribution in [-0.4, -0.2) is 34.4 Å².